The topological polar surface area (TPSA) is 38.0 Å². The molecule has 2 nitrogen and oxygen atoms in total. The van der Waals surface area contributed by atoms with Crippen molar-refractivity contribution in [3.63, 3.8) is 0 Å². The first-order valence-electron chi connectivity index (χ1n) is 6.03. The van der Waals surface area contributed by atoms with E-state index in [-0.39, 0.29) is 11.9 Å². The molecule has 1 unspecified atom stereocenters. The van der Waals surface area contributed by atoms with Crippen molar-refractivity contribution in [3.8, 4) is 0 Å². The van der Waals surface area contributed by atoms with Gasteiger partial charge < -0.3 is 11.1 Å². The zero-order chi connectivity index (χ0) is 14.0. The zero-order valence-corrected chi connectivity index (χ0v) is 13.8. The molecule has 0 spiro atoms. The van der Waals surface area contributed by atoms with Crippen LogP contribution in [-0.2, 0) is 0 Å². The van der Waals surface area contributed by atoms with Crippen LogP contribution >= 0.6 is 33.9 Å². The van der Waals surface area contributed by atoms with Crippen molar-refractivity contribution in [2.75, 3.05) is 11.1 Å². The van der Waals surface area contributed by atoms with E-state index >= 15 is 0 Å². The number of halogens is 2. The minimum Gasteiger partial charge on any atom is -0.397 e. The summed E-state index contributed by atoms with van der Waals surface area (Å²) < 4.78 is 14.2. The van der Waals surface area contributed by atoms with Gasteiger partial charge in [0.2, 0.25) is 0 Å². The third-order valence-electron chi connectivity index (χ3n) is 2.92. The molecule has 0 radical (unpaired) electrons. The smallest absolute Gasteiger partial charge is 0.138 e. The van der Waals surface area contributed by atoms with Crippen LogP contribution in [0.3, 0.4) is 0 Å². The number of hydrogen-bond donors (Lipinski definition) is 2. The van der Waals surface area contributed by atoms with Crippen LogP contribution in [0.15, 0.2) is 29.6 Å². The van der Waals surface area contributed by atoms with Crippen molar-refractivity contribution in [1.29, 1.82) is 0 Å². The summed E-state index contributed by atoms with van der Waals surface area (Å²) in [6, 6.07) is 7.38. The minimum atomic E-state index is -0.244. The summed E-state index contributed by atoms with van der Waals surface area (Å²) in [6.45, 7) is 4.27. The van der Waals surface area contributed by atoms with Crippen molar-refractivity contribution in [2.45, 2.75) is 19.9 Å². The second-order valence-electron chi connectivity index (χ2n) is 4.74. The highest BCUT2D eigenvalue weighted by Gasteiger charge is 2.18. The highest BCUT2D eigenvalue weighted by Crippen LogP contribution is 2.33. The molecule has 0 saturated heterocycles. The van der Waals surface area contributed by atoms with E-state index < -0.39 is 0 Å². The van der Waals surface area contributed by atoms with E-state index in [0.717, 1.165) is 0 Å². The third-order valence-corrected chi connectivity index (χ3v) is 4.70. The molecule has 1 heterocycles. The first-order chi connectivity index (χ1) is 8.99. The van der Waals surface area contributed by atoms with Gasteiger partial charge in [0, 0.05) is 10.9 Å². The molecule has 0 aliphatic rings. The molecule has 0 saturated carbocycles. The Hall–Kier alpha value is -0.820. The summed E-state index contributed by atoms with van der Waals surface area (Å²) in [5.74, 6) is 0.145. The average Bonchev–Trinajstić information content (AvgIpc) is 2.85. The summed E-state index contributed by atoms with van der Waals surface area (Å²) in [7, 11) is 0. The van der Waals surface area contributed by atoms with Crippen LogP contribution in [-0.4, -0.2) is 0 Å². The maximum absolute atomic E-state index is 13.7. The third kappa shape index (κ3) is 3.39. The Bertz CT molecular complexity index is 555. The maximum atomic E-state index is 13.7. The lowest BCUT2D eigenvalue weighted by Gasteiger charge is -2.23. The van der Waals surface area contributed by atoms with Gasteiger partial charge in [-0.25, -0.2) is 4.39 Å². The fourth-order valence-electron chi connectivity index (χ4n) is 1.89. The molecule has 1 atom stereocenters. The van der Waals surface area contributed by atoms with Crippen LogP contribution in [0.25, 0.3) is 0 Å². The van der Waals surface area contributed by atoms with Crippen LogP contribution < -0.4 is 11.1 Å². The molecular weight excluding hydrogens is 374 g/mol. The van der Waals surface area contributed by atoms with E-state index in [2.05, 4.69) is 25.2 Å². The number of rotatable bonds is 4. The van der Waals surface area contributed by atoms with Gasteiger partial charge in [-0.05, 0) is 46.0 Å². The van der Waals surface area contributed by atoms with Gasteiger partial charge in [0.1, 0.15) is 5.82 Å². The van der Waals surface area contributed by atoms with E-state index in [1.165, 1.54) is 10.9 Å². The summed E-state index contributed by atoms with van der Waals surface area (Å²) in [6.07, 6.45) is 0. The van der Waals surface area contributed by atoms with Gasteiger partial charge in [0.25, 0.3) is 0 Å². The van der Waals surface area contributed by atoms with Crippen molar-refractivity contribution in [3.05, 3.63) is 43.9 Å². The van der Waals surface area contributed by atoms with Crippen LogP contribution in [0, 0.1) is 15.3 Å². The molecule has 0 bridgehead atoms. The Morgan fingerprint density at radius 1 is 1.37 bits per heavy atom. The van der Waals surface area contributed by atoms with Gasteiger partial charge in [-0.2, -0.15) is 0 Å². The molecule has 102 valence electrons. The quantitative estimate of drug-likeness (QED) is 0.577. The number of nitrogens with two attached hydrogens (primary N) is 1. The fourth-order valence-corrected chi connectivity index (χ4v) is 3.33. The van der Waals surface area contributed by atoms with Crippen LogP contribution in [0.1, 0.15) is 24.8 Å². The molecule has 0 amide bonds. The van der Waals surface area contributed by atoms with Crippen molar-refractivity contribution >= 4 is 45.3 Å². The number of anilines is 2. The monoisotopic (exact) mass is 390 g/mol. The Morgan fingerprint density at radius 3 is 2.68 bits per heavy atom. The number of nitrogen functional groups attached to an aromatic ring is 1. The molecule has 3 N–H and O–H groups in total. The van der Waals surface area contributed by atoms with E-state index in [1.807, 2.05) is 34.0 Å². The van der Waals surface area contributed by atoms with Gasteiger partial charge in [-0.1, -0.05) is 19.9 Å². The van der Waals surface area contributed by atoms with Gasteiger partial charge in [0.05, 0.1) is 21.0 Å². The highest BCUT2D eigenvalue weighted by atomic mass is 127. The Morgan fingerprint density at radius 2 is 2.11 bits per heavy atom. The van der Waals surface area contributed by atoms with E-state index in [9.17, 15) is 4.39 Å². The number of thiophene rings is 1. The second-order valence-corrected chi connectivity index (χ2v) is 6.88. The highest BCUT2D eigenvalue weighted by molar-refractivity contribution is 14.1. The molecule has 0 aliphatic carbocycles. The van der Waals surface area contributed by atoms with Gasteiger partial charge >= 0.3 is 0 Å². The molecular formula is C14H16FIN2S. The summed E-state index contributed by atoms with van der Waals surface area (Å²) in [5, 5.41) is 5.41. The molecule has 2 aromatic rings. The largest absolute Gasteiger partial charge is 0.397 e. The van der Waals surface area contributed by atoms with Crippen molar-refractivity contribution in [2.24, 2.45) is 5.92 Å². The summed E-state index contributed by atoms with van der Waals surface area (Å²) in [4.78, 5) is 1.23. The lowest BCUT2D eigenvalue weighted by Crippen LogP contribution is -2.16. The Labute approximate surface area is 130 Å². The standard InChI is InChI=1S/C14H16FIN2S/c1-8(2)14(13-4-3-5-19-13)18-12-6-9(15)10(16)7-11(12)17/h3-8,14,18H,17H2,1-2H3. The van der Waals surface area contributed by atoms with Crippen molar-refractivity contribution in [1.82, 2.24) is 0 Å². The molecule has 0 fully saturated rings. The van der Waals surface area contributed by atoms with Crippen LogP contribution in [0.5, 0.6) is 0 Å². The van der Waals surface area contributed by atoms with Crippen LogP contribution in [0.2, 0.25) is 0 Å². The molecule has 5 heteroatoms. The lowest BCUT2D eigenvalue weighted by atomic mass is 10.0. The SMILES string of the molecule is CC(C)C(Nc1cc(F)c(I)cc1N)c1cccs1. The zero-order valence-electron chi connectivity index (χ0n) is 10.8. The Kier molecular flexibility index (Phi) is 4.67. The minimum absolute atomic E-state index is 0.141. The molecule has 19 heavy (non-hydrogen) atoms. The fraction of sp³-hybridized carbons (Fsp3) is 0.286. The number of hydrogen-bond acceptors (Lipinski definition) is 3. The maximum Gasteiger partial charge on any atom is 0.138 e. The van der Waals surface area contributed by atoms with Gasteiger partial charge in [0.15, 0.2) is 0 Å². The van der Waals surface area contributed by atoms with Gasteiger partial charge in [-0.3, -0.25) is 0 Å². The van der Waals surface area contributed by atoms with Crippen LogP contribution in [0.4, 0.5) is 15.8 Å². The normalized spacial score (nSPS) is 12.7. The van der Waals surface area contributed by atoms with Crippen molar-refractivity contribution < 1.29 is 4.39 Å². The molecule has 0 aliphatic heterocycles. The number of benzene rings is 1. The first kappa shape index (κ1) is 14.6. The molecule has 1 aromatic carbocycles. The first-order valence-corrected chi connectivity index (χ1v) is 7.99. The second kappa shape index (κ2) is 6.09. The predicted octanol–water partition coefficient (Wildman–Crippen LogP) is 4.88. The lowest BCUT2D eigenvalue weighted by molar-refractivity contribution is 0.553. The summed E-state index contributed by atoms with van der Waals surface area (Å²) >= 11 is 3.64. The number of nitrogens with one attached hydrogen (secondary N) is 1. The summed E-state index contributed by atoms with van der Waals surface area (Å²) in [5.41, 5.74) is 7.20. The Balaban J connectivity index is 2.30. The van der Waals surface area contributed by atoms with E-state index in [0.29, 0.717) is 20.9 Å². The molecule has 2 rings (SSSR count). The average molecular weight is 390 g/mol. The van der Waals surface area contributed by atoms with E-state index in [4.69, 9.17) is 5.73 Å². The van der Waals surface area contributed by atoms with Gasteiger partial charge in [-0.15, -0.1) is 11.3 Å². The predicted molar refractivity (Wildman–Crippen MR) is 89.1 cm³/mol. The van der Waals surface area contributed by atoms with E-state index in [1.54, 1.807) is 17.4 Å². The molecule has 1 aromatic heterocycles.